The van der Waals surface area contributed by atoms with Crippen molar-refractivity contribution in [3.8, 4) is 22.3 Å². The minimum atomic E-state index is 0.241. The molecule has 0 N–H and O–H groups in total. The first-order valence-electron chi connectivity index (χ1n) is 20.0. The molecule has 6 atom stereocenters. The van der Waals surface area contributed by atoms with Crippen molar-refractivity contribution in [1.29, 1.82) is 0 Å². The largest absolute Gasteiger partial charge is 0.456 e. The van der Waals surface area contributed by atoms with Crippen molar-refractivity contribution in [2.24, 2.45) is 17.8 Å². The van der Waals surface area contributed by atoms with Gasteiger partial charge in [-0.1, -0.05) is 170 Å². The first kappa shape index (κ1) is 32.3. The first-order valence-corrected chi connectivity index (χ1v) is 20.0. The predicted octanol–water partition coefficient (Wildman–Crippen LogP) is 14.3. The second-order valence-electron chi connectivity index (χ2n) is 15.9. The number of rotatable bonds is 5. The Hall–Kier alpha value is -6.18. The lowest BCUT2D eigenvalue weighted by molar-refractivity contribution is 0.254. The predicted molar refractivity (Wildman–Crippen MR) is 230 cm³/mol. The second kappa shape index (κ2) is 13.3. The van der Waals surface area contributed by atoms with Gasteiger partial charge in [0.2, 0.25) is 0 Å². The maximum atomic E-state index is 6.82. The molecular weight excluding hydrogens is 665 g/mol. The molecule has 1 fully saturated rings. The summed E-state index contributed by atoms with van der Waals surface area (Å²) in [7, 11) is 0. The summed E-state index contributed by atoms with van der Waals surface area (Å²) < 4.78 is 6.82. The number of hydrogen-bond acceptors (Lipinski definition) is 1. The molecule has 6 unspecified atom stereocenters. The van der Waals surface area contributed by atoms with Gasteiger partial charge in [-0.3, -0.25) is 0 Å². The number of fused-ring (bicyclic) bond motifs is 7. The van der Waals surface area contributed by atoms with Crippen LogP contribution in [-0.4, -0.2) is 0 Å². The molecule has 11 rings (SSSR count). The summed E-state index contributed by atoms with van der Waals surface area (Å²) in [6, 6.07) is 51.6. The van der Waals surface area contributed by atoms with Gasteiger partial charge in [0.05, 0.1) is 0 Å². The van der Waals surface area contributed by atoms with E-state index < -0.39 is 0 Å². The highest BCUT2D eigenvalue weighted by Crippen LogP contribution is 2.55. The minimum Gasteiger partial charge on any atom is -0.456 e. The third kappa shape index (κ3) is 5.52. The van der Waals surface area contributed by atoms with Crippen LogP contribution in [0.15, 0.2) is 193 Å². The molecule has 264 valence electrons. The molecule has 6 aromatic carbocycles. The zero-order valence-corrected chi connectivity index (χ0v) is 30.8. The van der Waals surface area contributed by atoms with E-state index in [0.29, 0.717) is 23.7 Å². The summed E-state index contributed by atoms with van der Waals surface area (Å²) in [6.45, 7) is 0. The van der Waals surface area contributed by atoms with Crippen LogP contribution in [0.4, 0.5) is 0 Å². The third-order valence-electron chi connectivity index (χ3n) is 12.9. The van der Waals surface area contributed by atoms with Crippen molar-refractivity contribution >= 4 is 33.4 Å². The van der Waals surface area contributed by atoms with Gasteiger partial charge >= 0.3 is 0 Å². The van der Waals surface area contributed by atoms with E-state index in [2.05, 4.69) is 194 Å². The van der Waals surface area contributed by atoms with E-state index in [4.69, 9.17) is 4.42 Å². The maximum Gasteiger partial charge on any atom is 0.135 e. The van der Waals surface area contributed by atoms with Gasteiger partial charge in [-0.15, -0.1) is 0 Å². The number of furan rings is 1. The zero-order valence-electron chi connectivity index (χ0n) is 30.8. The monoisotopic (exact) mass is 706 g/mol. The Kier molecular flexibility index (Phi) is 7.80. The smallest absolute Gasteiger partial charge is 0.135 e. The van der Waals surface area contributed by atoms with Crippen LogP contribution in [0.2, 0.25) is 0 Å². The van der Waals surface area contributed by atoms with E-state index in [9.17, 15) is 0 Å². The van der Waals surface area contributed by atoms with Crippen molar-refractivity contribution in [2.45, 2.75) is 30.6 Å². The van der Waals surface area contributed by atoms with Crippen LogP contribution < -0.4 is 0 Å². The van der Waals surface area contributed by atoms with Crippen LogP contribution in [0.3, 0.4) is 0 Å². The SMILES string of the molecule is C1=CC2C(c3ccccc3)=Cc3oc4cccc(C5CCC(c6cc(-c7ccccc7)cc(-c7ccc8ccccc8c7)c6)C6C=CC=CC56)c4c3C2C=C1. The molecule has 1 heterocycles. The molecule has 0 aliphatic heterocycles. The Morgan fingerprint density at radius 3 is 1.91 bits per heavy atom. The van der Waals surface area contributed by atoms with Crippen LogP contribution >= 0.6 is 0 Å². The Labute approximate surface area is 323 Å². The van der Waals surface area contributed by atoms with E-state index in [0.717, 1.165) is 24.2 Å². The van der Waals surface area contributed by atoms with E-state index in [1.807, 2.05) is 0 Å². The first-order chi connectivity index (χ1) is 27.3. The third-order valence-corrected chi connectivity index (χ3v) is 12.9. The molecule has 1 nitrogen and oxygen atoms in total. The van der Waals surface area contributed by atoms with Crippen molar-refractivity contribution in [2.75, 3.05) is 0 Å². The van der Waals surface area contributed by atoms with Crippen molar-refractivity contribution in [3.63, 3.8) is 0 Å². The summed E-state index contributed by atoms with van der Waals surface area (Å²) in [4.78, 5) is 0. The molecular formula is C54H42O. The van der Waals surface area contributed by atoms with Crippen LogP contribution in [0, 0.1) is 17.8 Å². The fourth-order valence-corrected chi connectivity index (χ4v) is 10.4. The number of allylic oxidation sites excluding steroid dienone is 9. The highest BCUT2D eigenvalue weighted by Gasteiger charge is 2.41. The Balaban J connectivity index is 1.01. The van der Waals surface area contributed by atoms with E-state index in [1.54, 1.807) is 0 Å². The van der Waals surface area contributed by atoms with E-state index in [1.165, 1.54) is 66.2 Å². The summed E-state index contributed by atoms with van der Waals surface area (Å²) in [5.74, 6) is 3.13. The lowest BCUT2D eigenvalue weighted by atomic mass is 9.61. The minimum absolute atomic E-state index is 0.241. The molecule has 0 spiro atoms. The van der Waals surface area contributed by atoms with Crippen molar-refractivity contribution in [1.82, 2.24) is 0 Å². The van der Waals surface area contributed by atoms with E-state index in [-0.39, 0.29) is 11.8 Å². The van der Waals surface area contributed by atoms with Crippen LogP contribution in [-0.2, 0) is 0 Å². The zero-order chi connectivity index (χ0) is 36.3. The fourth-order valence-electron chi connectivity index (χ4n) is 10.4. The van der Waals surface area contributed by atoms with Gasteiger partial charge in [0.25, 0.3) is 0 Å². The topological polar surface area (TPSA) is 13.1 Å². The molecule has 4 aliphatic carbocycles. The summed E-state index contributed by atoms with van der Waals surface area (Å²) >= 11 is 0. The lowest BCUT2D eigenvalue weighted by Crippen LogP contribution is -2.31. The Morgan fingerprint density at radius 2 is 1.11 bits per heavy atom. The fraction of sp³-hybridized carbons (Fsp3) is 0.148. The molecule has 7 aromatic rings. The van der Waals surface area contributed by atoms with Gasteiger partial charge in [-0.25, -0.2) is 0 Å². The molecule has 1 aromatic heterocycles. The Bertz CT molecular complexity index is 2740. The quantitative estimate of drug-likeness (QED) is 0.174. The molecule has 55 heavy (non-hydrogen) atoms. The van der Waals surface area contributed by atoms with Gasteiger partial charge in [-0.2, -0.15) is 0 Å². The maximum absolute atomic E-state index is 6.82. The lowest BCUT2D eigenvalue weighted by Gasteiger charge is -2.43. The summed E-state index contributed by atoms with van der Waals surface area (Å²) in [5.41, 5.74) is 13.0. The normalized spacial score (nSPS) is 23.7. The van der Waals surface area contributed by atoms with Crippen molar-refractivity contribution in [3.05, 3.63) is 216 Å². The molecule has 0 bridgehead atoms. The standard InChI is InChI=1S/C54H42O/c1-3-14-35(15-4-1)40-31-41(39-27-26-36-16-7-8-19-38(36)30-39)33-42(32-40)43-28-29-47(45-21-10-9-20-44(43)45)49-24-13-25-51-53(49)54-48-23-12-11-22-46(48)50(34-52(54)55-51)37-17-5-2-6-18-37/h1-27,30-34,43-48H,28-29H2. The highest BCUT2D eigenvalue weighted by atomic mass is 16.3. The molecule has 1 heteroatoms. The van der Waals surface area contributed by atoms with Gasteiger partial charge in [0, 0.05) is 22.8 Å². The average molecular weight is 707 g/mol. The highest BCUT2D eigenvalue weighted by molar-refractivity contribution is 5.96. The van der Waals surface area contributed by atoms with Gasteiger partial charge in [0.1, 0.15) is 11.3 Å². The average Bonchev–Trinajstić information content (AvgIpc) is 3.65. The van der Waals surface area contributed by atoms with Crippen LogP contribution in [0.5, 0.6) is 0 Å². The van der Waals surface area contributed by atoms with Gasteiger partial charge < -0.3 is 4.42 Å². The Morgan fingerprint density at radius 1 is 0.455 bits per heavy atom. The molecule has 0 radical (unpaired) electrons. The van der Waals surface area contributed by atoms with Gasteiger partial charge in [0.15, 0.2) is 0 Å². The molecule has 4 aliphatic rings. The van der Waals surface area contributed by atoms with Crippen LogP contribution in [0.25, 0.3) is 55.6 Å². The molecule has 1 saturated carbocycles. The number of hydrogen-bond donors (Lipinski definition) is 0. The molecule has 0 amide bonds. The van der Waals surface area contributed by atoms with E-state index >= 15 is 0 Å². The molecule has 0 saturated heterocycles. The second-order valence-corrected chi connectivity index (χ2v) is 15.9. The summed E-state index contributed by atoms with van der Waals surface area (Å²) in [5, 5.41) is 3.89. The van der Waals surface area contributed by atoms with Crippen LogP contribution in [0.1, 0.15) is 58.6 Å². The van der Waals surface area contributed by atoms with Crippen molar-refractivity contribution < 1.29 is 4.42 Å². The summed E-state index contributed by atoms with van der Waals surface area (Å²) in [6.07, 6.45) is 23.4. The van der Waals surface area contributed by atoms with Gasteiger partial charge in [-0.05, 0) is 116 Å². The number of benzene rings is 6.